The summed E-state index contributed by atoms with van der Waals surface area (Å²) in [6, 6.07) is 9.69. The van der Waals surface area contributed by atoms with E-state index >= 15 is 0 Å². The van der Waals surface area contributed by atoms with E-state index < -0.39 is 6.10 Å². The molecule has 20 heavy (non-hydrogen) atoms. The average Bonchev–Trinajstić information content (AvgIpc) is 2.81. The van der Waals surface area contributed by atoms with E-state index in [1.165, 1.54) is 0 Å². The molecule has 2 rings (SSSR count). The van der Waals surface area contributed by atoms with Crippen LogP contribution in [0.25, 0.3) is 5.69 Å². The third kappa shape index (κ3) is 3.39. The van der Waals surface area contributed by atoms with Gasteiger partial charge in [0.1, 0.15) is 0 Å². The monoisotopic (exact) mass is 337 g/mol. The van der Waals surface area contributed by atoms with E-state index in [-0.39, 0.29) is 5.91 Å². The van der Waals surface area contributed by atoms with Gasteiger partial charge in [-0.15, -0.1) is 5.10 Å². The van der Waals surface area contributed by atoms with Crippen molar-refractivity contribution < 1.29 is 9.53 Å². The van der Waals surface area contributed by atoms with Crippen LogP contribution in [-0.2, 0) is 4.79 Å². The van der Waals surface area contributed by atoms with Crippen LogP contribution in [0.3, 0.4) is 0 Å². The minimum absolute atomic E-state index is 0.159. The van der Waals surface area contributed by atoms with Gasteiger partial charge in [-0.2, -0.15) is 0 Å². The molecule has 0 aliphatic carbocycles. The Morgan fingerprint density at radius 3 is 2.80 bits per heavy atom. The molecule has 0 saturated heterocycles. The highest BCUT2D eigenvalue weighted by atomic mass is 79.9. The number of aromatic nitrogens is 2. The third-order valence-corrected chi connectivity index (χ3v) is 3.21. The van der Waals surface area contributed by atoms with Crippen LogP contribution in [0.2, 0.25) is 0 Å². The molecular formula is C14H16BrN3O2. The Hall–Kier alpha value is -1.82. The number of nitrogens with one attached hydrogen (secondary N) is 1. The first-order valence-corrected chi connectivity index (χ1v) is 7.16. The van der Waals surface area contributed by atoms with Crippen molar-refractivity contribution in [3.05, 3.63) is 41.0 Å². The molecule has 0 fully saturated rings. The largest absolute Gasteiger partial charge is 0.463 e. The summed E-state index contributed by atoms with van der Waals surface area (Å²) in [5.74, 6) is 0.237. The molecule has 1 atom stereocenters. The van der Waals surface area contributed by atoms with Gasteiger partial charge in [-0.3, -0.25) is 4.79 Å². The van der Waals surface area contributed by atoms with Crippen molar-refractivity contribution in [2.24, 2.45) is 0 Å². The van der Waals surface area contributed by atoms with Crippen LogP contribution >= 0.6 is 15.9 Å². The molecule has 0 saturated carbocycles. The van der Waals surface area contributed by atoms with E-state index in [1.807, 2.05) is 37.3 Å². The number of halogens is 1. The molecule has 1 unspecified atom stereocenters. The summed E-state index contributed by atoms with van der Waals surface area (Å²) >= 11 is 3.39. The van der Waals surface area contributed by atoms with Crippen molar-refractivity contribution >= 4 is 21.8 Å². The number of benzene rings is 1. The fourth-order valence-electron chi connectivity index (χ4n) is 1.67. The summed E-state index contributed by atoms with van der Waals surface area (Å²) < 4.78 is 7.98. The number of carbonyl (C=O) groups is 1. The van der Waals surface area contributed by atoms with Gasteiger partial charge in [-0.25, -0.2) is 4.68 Å². The molecule has 0 spiro atoms. The lowest BCUT2D eigenvalue weighted by molar-refractivity contribution is -0.127. The van der Waals surface area contributed by atoms with Gasteiger partial charge in [0, 0.05) is 12.7 Å². The first-order valence-electron chi connectivity index (χ1n) is 6.36. The normalized spacial score (nSPS) is 11.9. The second kappa shape index (κ2) is 6.56. The van der Waals surface area contributed by atoms with Gasteiger partial charge >= 0.3 is 0 Å². The molecule has 0 bridgehead atoms. The van der Waals surface area contributed by atoms with Crippen LogP contribution in [0.4, 0.5) is 0 Å². The molecule has 0 radical (unpaired) electrons. The maximum atomic E-state index is 11.6. The van der Waals surface area contributed by atoms with Crippen molar-refractivity contribution in [2.75, 3.05) is 6.54 Å². The number of likely N-dealkylation sites (N-methyl/N-ethyl adjacent to an activating group) is 1. The molecule has 6 heteroatoms. The maximum Gasteiger partial charge on any atom is 0.260 e. The second-order valence-corrected chi connectivity index (χ2v) is 5.07. The number of carbonyl (C=O) groups excluding carboxylic acids is 1. The number of ether oxygens (including phenoxy) is 1. The molecular weight excluding hydrogens is 322 g/mol. The summed E-state index contributed by atoms with van der Waals surface area (Å²) in [4.78, 5) is 11.6. The van der Waals surface area contributed by atoms with Gasteiger partial charge < -0.3 is 10.1 Å². The van der Waals surface area contributed by atoms with E-state index in [1.54, 1.807) is 17.8 Å². The first-order chi connectivity index (χ1) is 9.61. The SMILES string of the molecule is CCNC(=O)C(C)Oc1nn(-c2ccccc2)cc1Br. The lowest BCUT2D eigenvalue weighted by Crippen LogP contribution is -2.36. The highest BCUT2D eigenvalue weighted by molar-refractivity contribution is 9.10. The Bertz CT molecular complexity index is 583. The first kappa shape index (κ1) is 14.6. The topological polar surface area (TPSA) is 56.1 Å². The molecule has 5 nitrogen and oxygen atoms in total. The van der Waals surface area contributed by atoms with Crippen LogP contribution in [0, 0.1) is 0 Å². The fourth-order valence-corrected chi connectivity index (χ4v) is 2.04. The van der Waals surface area contributed by atoms with Crippen molar-refractivity contribution in [2.45, 2.75) is 20.0 Å². The van der Waals surface area contributed by atoms with E-state index in [4.69, 9.17) is 4.74 Å². The van der Waals surface area contributed by atoms with Gasteiger partial charge in [0.05, 0.1) is 10.2 Å². The summed E-state index contributed by atoms with van der Waals surface area (Å²) in [6.07, 6.45) is 1.21. The van der Waals surface area contributed by atoms with Gasteiger partial charge in [0.2, 0.25) is 5.88 Å². The molecule has 1 aromatic carbocycles. The van der Waals surface area contributed by atoms with Crippen molar-refractivity contribution in [1.29, 1.82) is 0 Å². The summed E-state index contributed by atoms with van der Waals surface area (Å²) in [5.41, 5.74) is 0.925. The number of hydrogen-bond donors (Lipinski definition) is 1. The zero-order chi connectivity index (χ0) is 14.5. The van der Waals surface area contributed by atoms with E-state index in [0.29, 0.717) is 16.9 Å². The van der Waals surface area contributed by atoms with Crippen molar-refractivity contribution in [3.63, 3.8) is 0 Å². The lowest BCUT2D eigenvalue weighted by atomic mass is 10.3. The van der Waals surface area contributed by atoms with Crippen molar-refractivity contribution in [1.82, 2.24) is 15.1 Å². The van der Waals surface area contributed by atoms with Gasteiger partial charge in [0.25, 0.3) is 5.91 Å². The molecule has 1 N–H and O–H groups in total. The van der Waals surface area contributed by atoms with E-state index in [2.05, 4.69) is 26.3 Å². The third-order valence-electron chi connectivity index (χ3n) is 2.67. The Morgan fingerprint density at radius 1 is 1.45 bits per heavy atom. The van der Waals surface area contributed by atoms with E-state index in [9.17, 15) is 4.79 Å². The fraction of sp³-hybridized carbons (Fsp3) is 0.286. The number of nitrogens with zero attached hydrogens (tertiary/aromatic N) is 2. The van der Waals surface area contributed by atoms with E-state index in [0.717, 1.165) is 5.69 Å². The summed E-state index contributed by atoms with van der Waals surface area (Å²) in [6.45, 7) is 4.13. The molecule has 1 amide bonds. The number of hydrogen-bond acceptors (Lipinski definition) is 3. The van der Waals surface area contributed by atoms with Crippen LogP contribution in [-0.4, -0.2) is 28.3 Å². The van der Waals surface area contributed by atoms with Crippen molar-refractivity contribution in [3.8, 4) is 11.6 Å². The Labute approximate surface area is 126 Å². The van der Waals surface area contributed by atoms with Gasteiger partial charge in [0.15, 0.2) is 6.10 Å². The highest BCUT2D eigenvalue weighted by Gasteiger charge is 2.17. The standard InChI is InChI=1S/C14H16BrN3O2/c1-3-16-13(19)10(2)20-14-12(15)9-18(17-14)11-7-5-4-6-8-11/h4-10H,3H2,1-2H3,(H,16,19). The number of rotatable bonds is 5. The van der Waals surface area contributed by atoms with Gasteiger partial charge in [-0.1, -0.05) is 18.2 Å². The summed E-state index contributed by atoms with van der Waals surface area (Å²) in [7, 11) is 0. The molecule has 0 aliphatic heterocycles. The zero-order valence-corrected chi connectivity index (χ0v) is 12.9. The average molecular weight is 338 g/mol. The Morgan fingerprint density at radius 2 is 2.15 bits per heavy atom. The smallest absolute Gasteiger partial charge is 0.260 e. The highest BCUT2D eigenvalue weighted by Crippen LogP contribution is 2.25. The maximum absolute atomic E-state index is 11.6. The minimum Gasteiger partial charge on any atom is -0.463 e. The zero-order valence-electron chi connectivity index (χ0n) is 11.3. The second-order valence-electron chi connectivity index (χ2n) is 4.22. The van der Waals surface area contributed by atoms with Gasteiger partial charge in [-0.05, 0) is 41.9 Å². The van der Waals surface area contributed by atoms with Crippen LogP contribution < -0.4 is 10.1 Å². The molecule has 2 aromatic rings. The molecule has 106 valence electrons. The number of para-hydroxylation sites is 1. The van der Waals surface area contributed by atoms with Crippen LogP contribution in [0.5, 0.6) is 5.88 Å². The van der Waals surface area contributed by atoms with Crippen LogP contribution in [0.1, 0.15) is 13.8 Å². The predicted octanol–water partition coefficient (Wildman–Crippen LogP) is 2.54. The molecule has 1 aromatic heterocycles. The number of amides is 1. The quantitative estimate of drug-likeness (QED) is 0.912. The van der Waals surface area contributed by atoms with Crippen LogP contribution in [0.15, 0.2) is 41.0 Å². The summed E-state index contributed by atoms with van der Waals surface area (Å²) in [5, 5.41) is 7.04. The Kier molecular flexibility index (Phi) is 4.79. The minimum atomic E-state index is -0.592. The molecule has 0 aliphatic rings. The molecule has 1 heterocycles. The predicted molar refractivity (Wildman–Crippen MR) is 80.0 cm³/mol. The Balaban J connectivity index is 2.14. The lowest BCUT2D eigenvalue weighted by Gasteiger charge is -2.12.